The Morgan fingerprint density at radius 1 is 0.422 bits per heavy atom. The van der Waals surface area contributed by atoms with Crippen LogP contribution in [0.15, 0.2) is 152 Å². The summed E-state index contributed by atoms with van der Waals surface area (Å²) in [6.07, 6.45) is 0. The van der Waals surface area contributed by atoms with E-state index >= 15 is 0 Å². The minimum Gasteiger partial charge on any atom is -0.310 e. The summed E-state index contributed by atoms with van der Waals surface area (Å²) < 4.78 is 5.08. The van der Waals surface area contributed by atoms with Crippen molar-refractivity contribution >= 4 is 83.0 Å². The smallest absolute Gasteiger partial charge is 0.248 e. The van der Waals surface area contributed by atoms with Crippen molar-refractivity contribution in [2.24, 2.45) is 0 Å². The normalized spacial score (nSPS) is 12.8. The predicted octanol–water partition coefficient (Wildman–Crippen LogP) is 8.43. The van der Waals surface area contributed by atoms with Gasteiger partial charge in [0.15, 0.2) is 0 Å². The molecule has 1 aliphatic heterocycles. The van der Waals surface area contributed by atoms with E-state index in [2.05, 4.69) is 161 Å². The van der Waals surface area contributed by atoms with E-state index < -0.39 is 0 Å². The van der Waals surface area contributed by atoms with Crippen LogP contribution in [0.3, 0.4) is 0 Å². The average Bonchev–Trinajstić information content (AvgIpc) is 3.75. The summed E-state index contributed by atoms with van der Waals surface area (Å²) in [4.78, 5) is 0. The monoisotopic (exact) mass is 568 g/mol. The molecule has 0 unspecified atom stereocenters. The Hall–Kier alpha value is -5.80. The van der Waals surface area contributed by atoms with Crippen LogP contribution >= 0.6 is 0 Å². The van der Waals surface area contributed by atoms with E-state index in [1.54, 1.807) is 0 Å². The Bertz CT molecular complexity index is 2820. The van der Waals surface area contributed by atoms with Crippen LogP contribution in [-0.2, 0) is 0 Å². The summed E-state index contributed by atoms with van der Waals surface area (Å²) in [7, 11) is 0. The van der Waals surface area contributed by atoms with E-state index in [9.17, 15) is 0 Å². The SMILES string of the molecule is c1ccc(-c2ccccc2B2c3c(cc4c5ccccc5n5c6ccccc6c3c45)-n3c4ccccc4c4cccc2c43)cc1. The maximum atomic E-state index is 2.57. The van der Waals surface area contributed by atoms with Gasteiger partial charge in [-0.15, -0.1) is 0 Å². The molecule has 0 radical (unpaired) electrons. The first kappa shape index (κ1) is 23.6. The molecule has 0 amide bonds. The first-order valence-electron chi connectivity index (χ1n) is 15.7. The Morgan fingerprint density at radius 2 is 1.02 bits per heavy atom. The van der Waals surface area contributed by atoms with E-state index in [-0.39, 0.29) is 6.71 Å². The maximum absolute atomic E-state index is 2.57. The number of benzene rings is 7. The van der Waals surface area contributed by atoms with Gasteiger partial charge in [0.05, 0.1) is 22.1 Å². The molecule has 45 heavy (non-hydrogen) atoms. The van der Waals surface area contributed by atoms with E-state index in [0.29, 0.717) is 0 Å². The zero-order valence-corrected chi connectivity index (χ0v) is 24.4. The van der Waals surface area contributed by atoms with Crippen LogP contribution in [0.25, 0.3) is 76.7 Å². The number of nitrogens with zero attached hydrogens (tertiary/aromatic N) is 2. The number of para-hydroxylation sites is 4. The molecule has 1 aliphatic rings. The van der Waals surface area contributed by atoms with Crippen molar-refractivity contribution in [3.63, 3.8) is 0 Å². The summed E-state index contributed by atoms with van der Waals surface area (Å²) in [6.45, 7) is 0.0499. The number of hydrogen-bond acceptors (Lipinski definition) is 0. The molecular weight excluding hydrogens is 543 g/mol. The van der Waals surface area contributed by atoms with Crippen molar-refractivity contribution in [2.75, 3.05) is 0 Å². The standard InChI is InChI=1S/C42H25BN2/c1-2-13-26(14-3-1)27-15-4-8-20-33(27)43-34-21-12-19-30-28-16-5-9-22-35(28)45(41(30)34)38-25-32-29-17-6-10-23-36(29)44-37-24-11-7-18-31(37)39(40(38)43)42(32)44/h1-25H. The van der Waals surface area contributed by atoms with Gasteiger partial charge in [-0.25, -0.2) is 0 Å². The van der Waals surface area contributed by atoms with Gasteiger partial charge in [0.25, 0.3) is 0 Å². The van der Waals surface area contributed by atoms with Crippen LogP contribution in [0.4, 0.5) is 0 Å². The summed E-state index contributed by atoms with van der Waals surface area (Å²) in [5.41, 5.74) is 14.4. The molecule has 3 aromatic heterocycles. The predicted molar refractivity (Wildman–Crippen MR) is 192 cm³/mol. The van der Waals surface area contributed by atoms with Gasteiger partial charge in [0, 0.05) is 43.5 Å². The third-order valence-corrected chi connectivity index (χ3v) is 10.3. The quantitative estimate of drug-likeness (QED) is 0.185. The second-order valence-corrected chi connectivity index (χ2v) is 12.4. The summed E-state index contributed by atoms with van der Waals surface area (Å²) >= 11 is 0. The first-order chi connectivity index (χ1) is 22.4. The fourth-order valence-corrected chi connectivity index (χ4v) is 8.64. The molecule has 3 heteroatoms. The second-order valence-electron chi connectivity index (χ2n) is 12.4. The lowest BCUT2D eigenvalue weighted by atomic mass is 9.34. The third kappa shape index (κ3) is 2.87. The lowest BCUT2D eigenvalue weighted by Gasteiger charge is -2.29. The van der Waals surface area contributed by atoms with Crippen LogP contribution in [0.1, 0.15) is 0 Å². The largest absolute Gasteiger partial charge is 0.310 e. The Labute approximate surface area is 259 Å². The number of hydrogen-bond donors (Lipinski definition) is 0. The summed E-state index contributed by atoms with van der Waals surface area (Å²) in [6, 6.07) is 56.3. The van der Waals surface area contributed by atoms with Gasteiger partial charge in [-0.05, 0) is 46.3 Å². The van der Waals surface area contributed by atoms with E-state index in [1.165, 1.54) is 93.1 Å². The van der Waals surface area contributed by atoms with Crippen molar-refractivity contribution < 1.29 is 0 Å². The zero-order chi connectivity index (χ0) is 29.2. The Kier molecular flexibility index (Phi) is 4.43. The molecule has 0 atom stereocenters. The molecule has 0 aliphatic carbocycles. The molecule has 206 valence electrons. The molecule has 2 nitrogen and oxygen atoms in total. The molecule has 7 aromatic carbocycles. The number of rotatable bonds is 2. The Morgan fingerprint density at radius 3 is 1.84 bits per heavy atom. The van der Waals surface area contributed by atoms with Crippen LogP contribution < -0.4 is 16.4 Å². The molecule has 4 heterocycles. The highest BCUT2D eigenvalue weighted by atomic mass is 15.0. The van der Waals surface area contributed by atoms with Gasteiger partial charge in [-0.3, -0.25) is 0 Å². The minimum atomic E-state index is 0.0499. The fraction of sp³-hybridized carbons (Fsp3) is 0. The topological polar surface area (TPSA) is 9.34 Å². The summed E-state index contributed by atoms with van der Waals surface area (Å²) in [5.74, 6) is 0. The number of fused-ring (bicyclic) bond motifs is 12. The lowest BCUT2D eigenvalue weighted by molar-refractivity contribution is 1.20. The zero-order valence-electron chi connectivity index (χ0n) is 24.4. The molecule has 0 saturated carbocycles. The van der Waals surface area contributed by atoms with Crippen LogP contribution in [-0.4, -0.2) is 15.7 Å². The summed E-state index contributed by atoms with van der Waals surface area (Å²) in [5, 5.41) is 7.92. The molecule has 11 rings (SSSR count). The van der Waals surface area contributed by atoms with Crippen molar-refractivity contribution in [1.29, 1.82) is 0 Å². The minimum absolute atomic E-state index is 0.0499. The van der Waals surface area contributed by atoms with Gasteiger partial charge in [-0.2, -0.15) is 0 Å². The van der Waals surface area contributed by atoms with Crippen LogP contribution in [0, 0.1) is 0 Å². The van der Waals surface area contributed by atoms with E-state index in [0.717, 1.165) is 0 Å². The highest BCUT2D eigenvalue weighted by molar-refractivity contribution is 7.00. The molecule has 0 fully saturated rings. The van der Waals surface area contributed by atoms with Crippen LogP contribution in [0.5, 0.6) is 0 Å². The number of aromatic nitrogens is 2. The van der Waals surface area contributed by atoms with Crippen molar-refractivity contribution in [3.05, 3.63) is 152 Å². The second kappa shape index (κ2) is 8.43. The van der Waals surface area contributed by atoms with Crippen molar-refractivity contribution in [2.45, 2.75) is 0 Å². The van der Waals surface area contributed by atoms with Crippen molar-refractivity contribution in [1.82, 2.24) is 8.97 Å². The van der Waals surface area contributed by atoms with Crippen molar-refractivity contribution in [3.8, 4) is 16.8 Å². The first-order valence-corrected chi connectivity index (χ1v) is 15.7. The van der Waals surface area contributed by atoms with Gasteiger partial charge >= 0.3 is 0 Å². The van der Waals surface area contributed by atoms with Gasteiger partial charge in [0.1, 0.15) is 0 Å². The molecular formula is C42H25BN2. The highest BCUT2D eigenvalue weighted by Gasteiger charge is 2.38. The molecule has 0 bridgehead atoms. The maximum Gasteiger partial charge on any atom is 0.248 e. The molecule has 0 saturated heterocycles. The average molecular weight is 568 g/mol. The van der Waals surface area contributed by atoms with Gasteiger partial charge < -0.3 is 8.97 Å². The molecule has 10 aromatic rings. The van der Waals surface area contributed by atoms with Gasteiger partial charge in [0.2, 0.25) is 6.71 Å². The lowest BCUT2D eigenvalue weighted by Crippen LogP contribution is -2.56. The highest BCUT2D eigenvalue weighted by Crippen LogP contribution is 2.42. The molecule has 0 N–H and O–H groups in total. The van der Waals surface area contributed by atoms with Crippen LogP contribution in [0.2, 0.25) is 0 Å². The third-order valence-electron chi connectivity index (χ3n) is 10.3. The fourth-order valence-electron chi connectivity index (χ4n) is 8.64. The van der Waals surface area contributed by atoms with E-state index in [4.69, 9.17) is 0 Å². The van der Waals surface area contributed by atoms with Gasteiger partial charge in [-0.1, -0.05) is 133 Å². The van der Waals surface area contributed by atoms with E-state index in [1.807, 2.05) is 0 Å². The Balaban J connectivity index is 1.43. The molecule has 0 spiro atoms.